The minimum absolute atomic E-state index is 1.65. The molecule has 0 saturated heterocycles. The summed E-state index contributed by atoms with van der Waals surface area (Å²) in [5.74, 6) is 2.25. The Hall–Kier alpha value is -0.330. The van der Waals surface area contributed by atoms with Crippen molar-refractivity contribution in [2.24, 2.45) is 0 Å². The highest BCUT2D eigenvalue weighted by Crippen LogP contribution is 2.25. The zero-order chi connectivity index (χ0) is 7.21. The molecule has 0 aromatic heterocycles. The Morgan fingerprint density at radius 1 is 1.50 bits per heavy atom. The lowest BCUT2D eigenvalue weighted by Crippen LogP contribution is -1.66. The van der Waals surface area contributed by atoms with Crippen molar-refractivity contribution in [1.29, 1.82) is 0 Å². The summed E-state index contributed by atoms with van der Waals surface area (Å²) in [5, 5.41) is 0. The van der Waals surface area contributed by atoms with E-state index in [0.29, 0.717) is 0 Å². The quantitative estimate of drug-likeness (QED) is 0.317. The Morgan fingerprint density at radius 2 is 1.50 bits per heavy atom. The summed E-state index contributed by atoms with van der Waals surface area (Å²) in [6, 6.07) is 0. The van der Waals surface area contributed by atoms with Gasteiger partial charge in [0, 0.05) is 0 Å². The Bertz CT molecular complexity index is 109. The second-order valence-corrected chi connectivity index (χ2v) is 1.83. The molecule has 8 heavy (non-hydrogen) atoms. The molecule has 0 aliphatic heterocycles. The van der Waals surface area contributed by atoms with E-state index in [1.165, 1.54) is 0 Å². The van der Waals surface area contributed by atoms with E-state index in [1.807, 2.05) is 0 Å². The van der Waals surface area contributed by atoms with Gasteiger partial charge in [-0.3, -0.25) is 0 Å². The van der Waals surface area contributed by atoms with Gasteiger partial charge in [-0.25, -0.2) is 4.57 Å². The van der Waals surface area contributed by atoms with Gasteiger partial charge in [-0.15, -0.1) is 12.3 Å². The van der Waals surface area contributed by atoms with Crippen LogP contribution in [0.4, 0.5) is 0 Å². The summed E-state index contributed by atoms with van der Waals surface area (Å²) in [6.45, 7) is 1.65. The van der Waals surface area contributed by atoms with Crippen molar-refractivity contribution >= 4 is 7.82 Å². The highest BCUT2D eigenvalue weighted by molar-refractivity contribution is 7.45. The molecule has 0 heterocycles. The maximum Gasteiger partial charge on any atom is 0.466 e. The predicted molar refractivity (Wildman–Crippen MR) is 28.8 cm³/mol. The fraction of sp³-hybridized carbons (Fsp3) is 0.333. The smallest absolute Gasteiger partial charge is 0.303 e. The lowest BCUT2D eigenvalue weighted by atomic mass is 10.9. The third-order valence-electron chi connectivity index (χ3n) is 0. The second kappa shape index (κ2) is 4.82. The van der Waals surface area contributed by atoms with E-state index >= 15 is 0 Å². The Balaban J connectivity index is 0. The third kappa shape index (κ3) is 1140. The third-order valence-corrected chi connectivity index (χ3v) is 0. The minimum Gasteiger partial charge on any atom is -0.303 e. The van der Waals surface area contributed by atoms with Gasteiger partial charge in [-0.2, -0.15) is 0 Å². The van der Waals surface area contributed by atoms with Gasteiger partial charge in [0.25, 0.3) is 0 Å². The lowest BCUT2D eigenvalue weighted by molar-refractivity contribution is 0.275. The maximum absolute atomic E-state index is 8.88. The molecule has 0 rings (SSSR count). The molecule has 0 spiro atoms. The van der Waals surface area contributed by atoms with E-state index in [4.69, 9.17) is 19.2 Å². The zero-order valence-corrected chi connectivity index (χ0v) is 5.17. The summed E-state index contributed by atoms with van der Waals surface area (Å²) in [4.78, 5) is 21.6. The summed E-state index contributed by atoms with van der Waals surface area (Å²) in [6.07, 6.45) is 4.60. The van der Waals surface area contributed by atoms with Crippen molar-refractivity contribution in [2.75, 3.05) is 0 Å². The average molecular weight is 138 g/mol. The normalized spacial score (nSPS) is 8.38. The summed E-state index contributed by atoms with van der Waals surface area (Å²) in [7, 11) is -4.64. The van der Waals surface area contributed by atoms with Crippen LogP contribution >= 0.6 is 7.82 Å². The van der Waals surface area contributed by atoms with E-state index in [1.54, 1.807) is 6.92 Å². The van der Waals surface area contributed by atoms with Gasteiger partial charge in [-0.05, 0) is 6.92 Å². The van der Waals surface area contributed by atoms with Crippen LogP contribution in [0.2, 0.25) is 0 Å². The largest absolute Gasteiger partial charge is 0.466 e. The van der Waals surface area contributed by atoms with E-state index < -0.39 is 7.82 Å². The number of hydrogen-bond acceptors (Lipinski definition) is 1. The molecule has 0 saturated carbocycles. The molecule has 0 radical (unpaired) electrons. The highest BCUT2D eigenvalue weighted by atomic mass is 31.2. The van der Waals surface area contributed by atoms with Gasteiger partial charge in [0.2, 0.25) is 0 Å². The van der Waals surface area contributed by atoms with Crippen LogP contribution in [0.15, 0.2) is 0 Å². The average Bonchev–Trinajstić information content (AvgIpc) is 1.27. The first-order chi connectivity index (χ1) is 3.41. The van der Waals surface area contributed by atoms with Crippen molar-refractivity contribution in [3.8, 4) is 12.3 Å². The predicted octanol–water partition coefficient (Wildman–Crippen LogP) is -0.289. The molecule has 0 bridgehead atoms. The van der Waals surface area contributed by atoms with Gasteiger partial charge >= 0.3 is 7.82 Å². The molecule has 4 nitrogen and oxygen atoms in total. The number of terminal acetylenes is 1. The standard InChI is InChI=1S/C3H4.H3O4P/c1-3-2;1-5(2,3)4/h1H,2H3;(H3,1,2,3,4). The van der Waals surface area contributed by atoms with E-state index in [2.05, 4.69) is 12.3 Å². The molecule has 0 unspecified atom stereocenters. The maximum atomic E-state index is 8.88. The Kier molecular flexibility index (Phi) is 6.39. The number of hydrogen-bond donors (Lipinski definition) is 3. The molecule has 0 aromatic carbocycles. The monoisotopic (exact) mass is 138 g/mol. The van der Waals surface area contributed by atoms with Crippen LogP contribution in [-0.4, -0.2) is 14.7 Å². The molecule has 0 aliphatic rings. The molecule has 0 amide bonds. The van der Waals surface area contributed by atoms with Crippen LogP contribution < -0.4 is 0 Å². The molecule has 5 heteroatoms. The van der Waals surface area contributed by atoms with Crippen LogP contribution in [0.5, 0.6) is 0 Å². The molecule has 3 N–H and O–H groups in total. The molecular weight excluding hydrogens is 131 g/mol. The highest BCUT2D eigenvalue weighted by Gasteiger charge is 2.00. The van der Waals surface area contributed by atoms with Crippen LogP contribution in [0.3, 0.4) is 0 Å². The summed E-state index contributed by atoms with van der Waals surface area (Å²) >= 11 is 0. The molecule has 0 fully saturated rings. The molecule has 48 valence electrons. The van der Waals surface area contributed by atoms with E-state index in [9.17, 15) is 0 Å². The van der Waals surface area contributed by atoms with Gasteiger partial charge < -0.3 is 14.7 Å². The van der Waals surface area contributed by atoms with Crippen molar-refractivity contribution in [2.45, 2.75) is 6.92 Å². The van der Waals surface area contributed by atoms with Gasteiger partial charge in [0.05, 0.1) is 0 Å². The molecule has 0 atom stereocenters. The molecule has 0 aliphatic carbocycles. The van der Waals surface area contributed by atoms with Crippen LogP contribution in [-0.2, 0) is 4.57 Å². The van der Waals surface area contributed by atoms with Gasteiger partial charge in [0.1, 0.15) is 0 Å². The molecular formula is C3H7O4P. The van der Waals surface area contributed by atoms with Crippen molar-refractivity contribution in [1.82, 2.24) is 0 Å². The first-order valence-corrected chi connectivity index (χ1v) is 3.14. The fourth-order valence-corrected chi connectivity index (χ4v) is 0. The first-order valence-electron chi connectivity index (χ1n) is 1.57. The van der Waals surface area contributed by atoms with Gasteiger partial charge in [-0.1, -0.05) is 0 Å². The summed E-state index contributed by atoms with van der Waals surface area (Å²) in [5.41, 5.74) is 0. The molecule has 0 aromatic rings. The van der Waals surface area contributed by atoms with E-state index in [-0.39, 0.29) is 0 Å². The summed E-state index contributed by atoms with van der Waals surface area (Å²) < 4.78 is 8.88. The van der Waals surface area contributed by atoms with Gasteiger partial charge in [0.15, 0.2) is 0 Å². The fourth-order valence-electron chi connectivity index (χ4n) is 0. The topological polar surface area (TPSA) is 77.8 Å². The second-order valence-electron chi connectivity index (χ2n) is 0.802. The van der Waals surface area contributed by atoms with E-state index in [0.717, 1.165) is 0 Å². The van der Waals surface area contributed by atoms with Crippen LogP contribution in [0.25, 0.3) is 0 Å². The van der Waals surface area contributed by atoms with Crippen molar-refractivity contribution < 1.29 is 19.2 Å². The van der Waals surface area contributed by atoms with Crippen LogP contribution in [0.1, 0.15) is 6.92 Å². The van der Waals surface area contributed by atoms with Crippen LogP contribution in [0, 0.1) is 12.3 Å². The minimum atomic E-state index is -4.64. The number of phosphoric acid groups is 1. The zero-order valence-electron chi connectivity index (χ0n) is 4.27. The lowest BCUT2D eigenvalue weighted by Gasteiger charge is -1.82. The van der Waals surface area contributed by atoms with Crippen molar-refractivity contribution in [3.63, 3.8) is 0 Å². The number of rotatable bonds is 0. The Morgan fingerprint density at radius 3 is 1.50 bits per heavy atom. The first kappa shape index (κ1) is 10.6. The van der Waals surface area contributed by atoms with Crippen molar-refractivity contribution in [3.05, 3.63) is 0 Å². The Labute approximate surface area is 47.4 Å². The SMILES string of the molecule is C#CC.O=P(O)(O)O.